The molecule has 0 aromatic heterocycles. The number of likely N-dealkylation sites (tertiary alicyclic amines) is 1. The van der Waals surface area contributed by atoms with Crippen molar-refractivity contribution >= 4 is 11.9 Å². The van der Waals surface area contributed by atoms with E-state index in [1.54, 1.807) is 4.90 Å². The number of piperidine rings is 1. The lowest BCUT2D eigenvalue weighted by atomic mass is 10.1. The van der Waals surface area contributed by atoms with Gasteiger partial charge in [0.25, 0.3) is 0 Å². The van der Waals surface area contributed by atoms with Gasteiger partial charge >= 0.3 is 0 Å². The summed E-state index contributed by atoms with van der Waals surface area (Å²) in [7, 11) is 1.81. The van der Waals surface area contributed by atoms with Gasteiger partial charge in [-0.15, -0.1) is 0 Å². The molecule has 1 heterocycles. The Morgan fingerprint density at radius 3 is 3.00 bits per heavy atom. The first kappa shape index (κ1) is 12.8. The summed E-state index contributed by atoms with van der Waals surface area (Å²) in [5.41, 5.74) is 2.55. The highest BCUT2D eigenvalue weighted by Gasteiger charge is 2.23. The Hall–Kier alpha value is -1.30. The maximum absolute atomic E-state index is 11.3. The SMILES string of the molecule is CCCN=C(NN)NC1CCC(=O)N(C)C1. The number of guanidine groups is 1. The highest BCUT2D eigenvalue weighted by atomic mass is 16.2. The Kier molecular flexibility index (Phi) is 5.04. The number of nitrogens with two attached hydrogens (primary N) is 1. The Morgan fingerprint density at radius 2 is 2.44 bits per heavy atom. The maximum atomic E-state index is 11.3. The summed E-state index contributed by atoms with van der Waals surface area (Å²) in [5.74, 6) is 6.17. The number of amides is 1. The molecule has 0 aromatic rings. The number of rotatable bonds is 3. The zero-order valence-electron chi connectivity index (χ0n) is 9.99. The quantitative estimate of drug-likeness (QED) is 0.261. The highest BCUT2D eigenvalue weighted by Crippen LogP contribution is 2.09. The van der Waals surface area contributed by atoms with E-state index in [0.29, 0.717) is 18.9 Å². The van der Waals surface area contributed by atoms with Gasteiger partial charge in [0.15, 0.2) is 0 Å². The van der Waals surface area contributed by atoms with E-state index in [1.165, 1.54) is 0 Å². The van der Waals surface area contributed by atoms with E-state index in [0.717, 1.165) is 19.4 Å². The van der Waals surface area contributed by atoms with E-state index in [9.17, 15) is 4.79 Å². The minimum absolute atomic E-state index is 0.200. The second kappa shape index (κ2) is 6.32. The maximum Gasteiger partial charge on any atom is 0.222 e. The van der Waals surface area contributed by atoms with E-state index in [-0.39, 0.29) is 11.9 Å². The standard InChI is InChI=1S/C10H21N5O/c1-3-6-12-10(14-11)13-8-4-5-9(16)15(2)7-8/h8H,3-7,11H2,1-2H3,(H2,12,13,14). The van der Waals surface area contributed by atoms with Gasteiger partial charge in [-0.3, -0.25) is 15.2 Å². The molecule has 0 aliphatic carbocycles. The van der Waals surface area contributed by atoms with Crippen molar-refractivity contribution in [1.82, 2.24) is 15.6 Å². The first-order chi connectivity index (χ1) is 7.67. The molecule has 1 aliphatic heterocycles. The summed E-state index contributed by atoms with van der Waals surface area (Å²) >= 11 is 0. The molecule has 16 heavy (non-hydrogen) atoms. The molecule has 0 aromatic carbocycles. The van der Waals surface area contributed by atoms with Gasteiger partial charge in [-0.2, -0.15) is 0 Å². The van der Waals surface area contributed by atoms with Crippen LogP contribution < -0.4 is 16.6 Å². The lowest BCUT2D eigenvalue weighted by molar-refractivity contribution is -0.132. The Morgan fingerprint density at radius 1 is 1.69 bits per heavy atom. The second-order valence-electron chi connectivity index (χ2n) is 4.03. The third-order valence-electron chi connectivity index (χ3n) is 2.60. The van der Waals surface area contributed by atoms with Crippen LogP contribution in [0.5, 0.6) is 0 Å². The molecule has 4 N–H and O–H groups in total. The predicted octanol–water partition coefficient (Wildman–Crippen LogP) is -0.574. The molecular weight excluding hydrogens is 206 g/mol. The lowest BCUT2D eigenvalue weighted by Crippen LogP contribution is -2.53. The number of carbonyl (C=O) groups is 1. The van der Waals surface area contributed by atoms with Crippen LogP contribution in [0.25, 0.3) is 0 Å². The molecule has 92 valence electrons. The van der Waals surface area contributed by atoms with Crippen molar-refractivity contribution in [1.29, 1.82) is 0 Å². The number of hydrogen-bond donors (Lipinski definition) is 3. The lowest BCUT2D eigenvalue weighted by Gasteiger charge is -2.30. The van der Waals surface area contributed by atoms with E-state index < -0.39 is 0 Å². The predicted molar refractivity (Wildman–Crippen MR) is 63.7 cm³/mol. The summed E-state index contributed by atoms with van der Waals surface area (Å²) < 4.78 is 0. The van der Waals surface area contributed by atoms with Crippen molar-refractivity contribution in [3.05, 3.63) is 0 Å². The largest absolute Gasteiger partial charge is 0.351 e. The molecule has 0 radical (unpaired) electrons. The smallest absolute Gasteiger partial charge is 0.222 e. The average Bonchev–Trinajstić information content (AvgIpc) is 2.29. The number of nitrogens with zero attached hydrogens (tertiary/aromatic N) is 2. The number of likely N-dealkylation sites (N-methyl/N-ethyl adjacent to an activating group) is 1. The van der Waals surface area contributed by atoms with Crippen LogP contribution >= 0.6 is 0 Å². The normalized spacial score (nSPS) is 22.2. The average molecular weight is 227 g/mol. The summed E-state index contributed by atoms with van der Waals surface area (Å²) in [6.45, 7) is 3.50. The van der Waals surface area contributed by atoms with Gasteiger partial charge in [0, 0.05) is 32.6 Å². The Balaban J connectivity index is 2.43. The molecule has 1 unspecified atom stereocenters. The highest BCUT2D eigenvalue weighted by molar-refractivity contribution is 5.80. The number of carbonyl (C=O) groups excluding carboxylic acids is 1. The van der Waals surface area contributed by atoms with Crippen LogP contribution in [0.3, 0.4) is 0 Å². The van der Waals surface area contributed by atoms with Gasteiger partial charge in [0.1, 0.15) is 0 Å². The molecule has 1 amide bonds. The van der Waals surface area contributed by atoms with Crippen molar-refractivity contribution in [2.75, 3.05) is 20.1 Å². The number of hydrazine groups is 1. The van der Waals surface area contributed by atoms with Crippen LogP contribution in [-0.4, -0.2) is 42.9 Å². The van der Waals surface area contributed by atoms with Gasteiger partial charge < -0.3 is 10.2 Å². The third kappa shape index (κ3) is 3.69. The first-order valence-electron chi connectivity index (χ1n) is 5.69. The van der Waals surface area contributed by atoms with Crippen LogP contribution in [0.4, 0.5) is 0 Å². The molecular formula is C10H21N5O. The summed E-state index contributed by atoms with van der Waals surface area (Å²) in [5, 5.41) is 3.21. The van der Waals surface area contributed by atoms with Crippen LogP contribution in [0, 0.1) is 0 Å². The topological polar surface area (TPSA) is 82.7 Å². The van der Waals surface area contributed by atoms with Crippen molar-refractivity contribution < 1.29 is 4.79 Å². The fourth-order valence-corrected chi connectivity index (χ4v) is 1.68. The minimum Gasteiger partial charge on any atom is -0.351 e. The second-order valence-corrected chi connectivity index (χ2v) is 4.03. The third-order valence-corrected chi connectivity index (χ3v) is 2.60. The molecule has 1 saturated heterocycles. The molecule has 0 spiro atoms. The van der Waals surface area contributed by atoms with Crippen LogP contribution in [-0.2, 0) is 4.79 Å². The van der Waals surface area contributed by atoms with Crippen molar-refractivity contribution in [2.24, 2.45) is 10.8 Å². The monoisotopic (exact) mass is 227 g/mol. The van der Waals surface area contributed by atoms with Crippen molar-refractivity contribution in [3.63, 3.8) is 0 Å². The zero-order valence-corrected chi connectivity index (χ0v) is 9.99. The van der Waals surface area contributed by atoms with Crippen LogP contribution in [0.1, 0.15) is 26.2 Å². The van der Waals surface area contributed by atoms with E-state index in [1.807, 2.05) is 7.05 Å². The van der Waals surface area contributed by atoms with Crippen LogP contribution in [0.2, 0.25) is 0 Å². The first-order valence-corrected chi connectivity index (χ1v) is 5.69. The van der Waals surface area contributed by atoms with Gasteiger partial charge in [0.05, 0.1) is 0 Å². The molecule has 0 bridgehead atoms. The van der Waals surface area contributed by atoms with E-state index in [4.69, 9.17) is 5.84 Å². The fraction of sp³-hybridized carbons (Fsp3) is 0.800. The molecule has 1 atom stereocenters. The Bertz CT molecular complexity index is 266. The minimum atomic E-state index is 0.200. The Labute approximate surface area is 96.2 Å². The number of nitrogens with one attached hydrogen (secondary N) is 2. The van der Waals surface area contributed by atoms with Crippen LogP contribution in [0.15, 0.2) is 4.99 Å². The molecule has 6 heteroatoms. The molecule has 1 aliphatic rings. The molecule has 1 fully saturated rings. The molecule has 6 nitrogen and oxygen atoms in total. The summed E-state index contributed by atoms with van der Waals surface area (Å²) in [6, 6.07) is 0.231. The fourth-order valence-electron chi connectivity index (χ4n) is 1.68. The summed E-state index contributed by atoms with van der Waals surface area (Å²) in [4.78, 5) is 17.3. The molecule has 0 saturated carbocycles. The van der Waals surface area contributed by atoms with Gasteiger partial charge in [-0.25, -0.2) is 5.84 Å². The number of aliphatic imine (C=N–C) groups is 1. The summed E-state index contributed by atoms with van der Waals surface area (Å²) in [6.07, 6.45) is 2.39. The van der Waals surface area contributed by atoms with Crippen molar-refractivity contribution in [2.45, 2.75) is 32.2 Å². The number of hydrogen-bond acceptors (Lipinski definition) is 3. The van der Waals surface area contributed by atoms with Gasteiger partial charge in [-0.1, -0.05) is 6.92 Å². The molecule has 1 rings (SSSR count). The zero-order chi connectivity index (χ0) is 12.0. The van der Waals surface area contributed by atoms with Crippen molar-refractivity contribution in [3.8, 4) is 0 Å². The van der Waals surface area contributed by atoms with E-state index >= 15 is 0 Å². The van der Waals surface area contributed by atoms with Gasteiger partial charge in [0.2, 0.25) is 11.9 Å². The van der Waals surface area contributed by atoms with E-state index in [2.05, 4.69) is 22.7 Å². The van der Waals surface area contributed by atoms with Gasteiger partial charge in [-0.05, 0) is 12.8 Å².